The Morgan fingerprint density at radius 1 is 1.25 bits per heavy atom. The molecule has 1 saturated carbocycles. The van der Waals surface area contributed by atoms with Crippen LogP contribution in [0.25, 0.3) is 5.82 Å². The van der Waals surface area contributed by atoms with Gasteiger partial charge in [0, 0.05) is 36.1 Å². The van der Waals surface area contributed by atoms with E-state index < -0.39 is 0 Å². The zero-order valence-electron chi connectivity index (χ0n) is 15.3. The Bertz CT molecular complexity index is 678. The normalized spacial score (nSPS) is 21.6. The molecule has 2 heterocycles. The second kappa shape index (κ2) is 7.11. The minimum Gasteiger partial charge on any atom is -0.393 e. The molecule has 0 spiro atoms. The SMILES string of the molecule is Cc1cc(CNC2CCC(O)CC2)c(C)n1-c1ccnn1C(C)C. The topological polar surface area (TPSA) is 55.0 Å². The van der Waals surface area contributed by atoms with Gasteiger partial charge in [-0.25, -0.2) is 4.68 Å². The van der Waals surface area contributed by atoms with Crippen molar-refractivity contribution < 1.29 is 5.11 Å². The van der Waals surface area contributed by atoms with E-state index >= 15 is 0 Å². The Balaban J connectivity index is 1.76. The molecule has 2 aromatic heterocycles. The number of aryl methyl sites for hydroxylation is 1. The third-order valence-corrected chi connectivity index (χ3v) is 5.18. The van der Waals surface area contributed by atoms with Crippen LogP contribution in [0.1, 0.15) is 62.5 Å². The maximum Gasteiger partial charge on any atom is 0.135 e. The molecule has 0 unspecified atom stereocenters. The first-order valence-corrected chi connectivity index (χ1v) is 9.10. The molecule has 24 heavy (non-hydrogen) atoms. The molecule has 1 fully saturated rings. The largest absolute Gasteiger partial charge is 0.393 e. The van der Waals surface area contributed by atoms with Crippen molar-refractivity contribution in [2.24, 2.45) is 0 Å². The summed E-state index contributed by atoms with van der Waals surface area (Å²) < 4.78 is 4.37. The van der Waals surface area contributed by atoms with Crippen LogP contribution in [0, 0.1) is 13.8 Å². The number of nitrogens with zero attached hydrogens (tertiary/aromatic N) is 3. The predicted octanol–water partition coefficient (Wildman–Crippen LogP) is 3.26. The predicted molar refractivity (Wildman–Crippen MR) is 96.5 cm³/mol. The van der Waals surface area contributed by atoms with Crippen molar-refractivity contribution >= 4 is 0 Å². The van der Waals surface area contributed by atoms with E-state index in [1.807, 2.05) is 6.20 Å². The number of hydrogen-bond donors (Lipinski definition) is 2. The summed E-state index contributed by atoms with van der Waals surface area (Å²) in [7, 11) is 0. The second-order valence-corrected chi connectivity index (χ2v) is 7.35. The highest BCUT2D eigenvalue weighted by atomic mass is 16.3. The van der Waals surface area contributed by atoms with Gasteiger partial charge < -0.3 is 15.0 Å². The minimum atomic E-state index is -0.0931. The number of aliphatic hydroxyl groups excluding tert-OH is 1. The lowest BCUT2D eigenvalue weighted by Crippen LogP contribution is -2.34. The van der Waals surface area contributed by atoms with Crippen LogP contribution in [-0.4, -0.2) is 31.6 Å². The van der Waals surface area contributed by atoms with Crippen LogP contribution in [0.5, 0.6) is 0 Å². The first-order valence-electron chi connectivity index (χ1n) is 9.10. The van der Waals surface area contributed by atoms with Gasteiger partial charge in [-0.2, -0.15) is 5.10 Å². The van der Waals surface area contributed by atoms with Gasteiger partial charge in [0.15, 0.2) is 0 Å². The second-order valence-electron chi connectivity index (χ2n) is 7.35. The minimum absolute atomic E-state index is 0.0931. The number of nitrogens with one attached hydrogen (secondary N) is 1. The maximum atomic E-state index is 9.63. The summed E-state index contributed by atoms with van der Waals surface area (Å²) in [5, 5.41) is 17.8. The van der Waals surface area contributed by atoms with Crippen LogP contribution in [0.3, 0.4) is 0 Å². The molecule has 5 nitrogen and oxygen atoms in total. The standard InChI is InChI=1S/C19H30N4O/c1-13(2)23-19(9-10-21-23)22-14(3)11-16(15(22)4)12-20-17-5-7-18(24)8-6-17/h9-11,13,17-18,20,24H,5-8,12H2,1-4H3. The molecule has 0 saturated heterocycles. The zero-order valence-corrected chi connectivity index (χ0v) is 15.3. The van der Waals surface area contributed by atoms with Gasteiger partial charge in [-0.3, -0.25) is 0 Å². The monoisotopic (exact) mass is 330 g/mol. The van der Waals surface area contributed by atoms with Crippen LogP contribution >= 0.6 is 0 Å². The van der Waals surface area contributed by atoms with Gasteiger partial charge in [0.1, 0.15) is 5.82 Å². The first-order chi connectivity index (χ1) is 11.5. The van der Waals surface area contributed by atoms with Crippen LogP contribution in [-0.2, 0) is 6.54 Å². The Morgan fingerprint density at radius 3 is 2.62 bits per heavy atom. The van der Waals surface area contributed by atoms with Gasteiger partial charge in [-0.1, -0.05) is 0 Å². The summed E-state index contributed by atoms with van der Waals surface area (Å²) in [6.45, 7) is 9.54. The molecule has 0 bridgehead atoms. The molecule has 2 aromatic rings. The Kier molecular flexibility index (Phi) is 5.11. The summed E-state index contributed by atoms with van der Waals surface area (Å²) in [4.78, 5) is 0. The molecule has 1 aliphatic carbocycles. The Morgan fingerprint density at radius 2 is 1.96 bits per heavy atom. The van der Waals surface area contributed by atoms with Crippen LogP contribution < -0.4 is 5.32 Å². The highest BCUT2D eigenvalue weighted by molar-refractivity contribution is 5.37. The summed E-state index contributed by atoms with van der Waals surface area (Å²) in [6, 6.07) is 5.22. The molecule has 0 atom stereocenters. The third kappa shape index (κ3) is 3.42. The van der Waals surface area contributed by atoms with E-state index in [2.05, 4.69) is 59.5 Å². The van der Waals surface area contributed by atoms with Gasteiger partial charge in [-0.15, -0.1) is 0 Å². The van der Waals surface area contributed by atoms with E-state index in [1.54, 1.807) is 0 Å². The Labute approximate surface area is 144 Å². The smallest absolute Gasteiger partial charge is 0.135 e. The number of hydrogen-bond acceptors (Lipinski definition) is 3. The maximum absolute atomic E-state index is 9.63. The molecule has 132 valence electrons. The van der Waals surface area contributed by atoms with Crippen molar-refractivity contribution in [2.75, 3.05) is 0 Å². The summed E-state index contributed by atoms with van der Waals surface area (Å²) in [5.41, 5.74) is 3.86. The van der Waals surface area contributed by atoms with Gasteiger partial charge in [-0.05, 0) is 65.0 Å². The summed E-state index contributed by atoms with van der Waals surface area (Å²) >= 11 is 0. The van der Waals surface area contributed by atoms with Crippen LogP contribution in [0.4, 0.5) is 0 Å². The van der Waals surface area contributed by atoms with Crippen molar-refractivity contribution in [1.82, 2.24) is 19.7 Å². The van der Waals surface area contributed by atoms with Crippen LogP contribution in [0.15, 0.2) is 18.3 Å². The van der Waals surface area contributed by atoms with Crippen molar-refractivity contribution in [2.45, 2.75) is 78.1 Å². The molecule has 0 aliphatic heterocycles. The molecule has 0 aromatic carbocycles. The van der Waals surface area contributed by atoms with E-state index in [1.165, 1.54) is 17.0 Å². The van der Waals surface area contributed by atoms with Gasteiger partial charge in [0.05, 0.1) is 12.3 Å². The lowest BCUT2D eigenvalue weighted by Gasteiger charge is -2.26. The van der Waals surface area contributed by atoms with Crippen LogP contribution in [0.2, 0.25) is 0 Å². The highest BCUT2D eigenvalue weighted by Gasteiger charge is 2.20. The lowest BCUT2D eigenvalue weighted by atomic mass is 9.93. The van der Waals surface area contributed by atoms with Crippen molar-refractivity contribution in [1.29, 1.82) is 0 Å². The lowest BCUT2D eigenvalue weighted by molar-refractivity contribution is 0.116. The first kappa shape index (κ1) is 17.2. The fraction of sp³-hybridized carbons (Fsp3) is 0.632. The number of rotatable bonds is 5. The summed E-state index contributed by atoms with van der Waals surface area (Å²) in [5.74, 6) is 1.13. The molecular weight excluding hydrogens is 300 g/mol. The average molecular weight is 330 g/mol. The Hall–Kier alpha value is -1.59. The van der Waals surface area contributed by atoms with Gasteiger partial charge in [0.25, 0.3) is 0 Å². The highest BCUT2D eigenvalue weighted by Crippen LogP contribution is 2.24. The fourth-order valence-electron chi connectivity index (χ4n) is 3.78. The molecule has 0 radical (unpaired) electrons. The van der Waals surface area contributed by atoms with Gasteiger partial charge in [0.2, 0.25) is 0 Å². The van der Waals surface area contributed by atoms with E-state index in [9.17, 15) is 5.11 Å². The molecular formula is C19H30N4O. The fourth-order valence-corrected chi connectivity index (χ4v) is 3.78. The van der Waals surface area contributed by atoms with Crippen molar-refractivity contribution in [3.63, 3.8) is 0 Å². The van der Waals surface area contributed by atoms with E-state index in [0.717, 1.165) is 38.0 Å². The van der Waals surface area contributed by atoms with E-state index in [4.69, 9.17) is 0 Å². The van der Waals surface area contributed by atoms with Crippen molar-refractivity contribution in [3.8, 4) is 5.82 Å². The van der Waals surface area contributed by atoms with Gasteiger partial charge >= 0.3 is 0 Å². The number of aromatic nitrogens is 3. The number of aliphatic hydroxyl groups is 1. The third-order valence-electron chi connectivity index (χ3n) is 5.18. The van der Waals surface area contributed by atoms with Crippen molar-refractivity contribution in [3.05, 3.63) is 35.3 Å². The average Bonchev–Trinajstić information content (AvgIpc) is 3.11. The molecule has 1 aliphatic rings. The molecule has 3 rings (SSSR count). The molecule has 0 amide bonds. The molecule has 5 heteroatoms. The molecule has 2 N–H and O–H groups in total. The summed E-state index contributed by atoms with van der Waals surface area (Å²) in [6.07, 6.45) is 5.76. The zero-order chi connectivity index (χ0) is 17.3. The quantitative estimate of drug-likeness (QED) is 0.885. The van der Waals surface area contributed by atoms with E-state index in [0.29, 0.717) is 12.1 Å². The van der Waals surface area contributed by atoms with E-state index in [-0.39, 0.29) is 6.10 Å².